The van der Waals surface area contributed by atoms with Crippen molar-refractivity contribution in [3.63, 3.8) is 0 Å². The van der Waals surface area contributed by atoms with E-state index in [1.165, 1.54) is 6.07 Å². The fourth-order valence-electron chi connectivity index (χ4n) is 1.81. The SMILES string of the molecule is CCOc1ccc(-n2ccc(CNC(C)C)n2)cc1F. The largest absolute Gasteiger partial charge is 0.491 e. The highest BCUT2D eigenvalue weighted by Crippen LogP contribution is 2.20. The van der Waals surface area contributed by atoms with Gasteiger partial charge in [-0.2, -0.15) is 5.10 Å². The topological polar surface area (TPSA) is 39.1 Å². The van der Waals surface area contributed by atoms with E-state index in [4.69, 9.17) is 4.74 Å². The molecule has 1 aromatic carbocycles. The van der Waals surface area contributed by atoms with Crippen LogP contribution in [-0.2, 0) is 6.54 Å². The number of nitrogens with one attached hydrogen (secondary N) is 1. The van der Waals surface area contributed by atoms with Crippen LogP contribution < -0.4 is 10.1 Å². The minimum atomic E-state index is -0.373. The molecular formula is C15H20FN3O. The standard InChI is InChI=1S/C15H20FN3O/c1-4-20-15-6-5-13(9-14(15)16)19-8-7-12(18-19)10-17-11(2)3/h5-9,11,17H,4,10H2,1-3H3. The summed E-state index contributed by atoms with van der Waals surface area (Å²) in [7, 11) is 0. The first-order valence-corrected chi connectivity index (χ1v) is 6.80. The Kier molecular flexibility index (Phi) is 4.74. The van der Waals surface area contributed by atoms with Crippen LogP contribution in [-0.4, -0.2) is 22.4 Å². The lowest BCUT2D eigenvalue weighted by Crippen LogP contribution is -2.22. The van der Waals surface area contributed by atoms with Gasteiger partial charge in [-0.15, -0.1) is 0 Å². The third kappa shape index (κ3) is 3.57. The molecule has 0 radical (unpaired) electrons. The van der Waals surface area contributed by atoms with Crippen molar-refractivity contribution >= 4 is 0 Å². The number of hydrogen-bond donors (Lipinski definition) is 1. The fraction of sp³-hybridized carbons (Fsp3) is 0.400. The minimum absolute atomic E-state index is 0.269. The molecule has 0 aliphatic rings. The number of aromatic nitrogens is 2. The van der Waals surface area contributed by atoms with E-state index in [0.717, 1.165) is 5.69 Å². The Hall–Kier alpha value is -1.88. The summed E-state index contributed by atoms with van der Waals surface area (Å²) in [4.78, 5) is 0. The van der Waals surface area contributed by atoms with Gasteiger partial charge in [0.05, 0.1) is 18.0 Å². The van der Waals surface area contributed by atoms with E-state index in [1.54, 1.807) is 16.8 Å². The normalized spacial score (nSPS) is 11.1. The molecular weight excluding hydrogens is 257 g/mol. The van der Waals surface area contributed by atoms with Crippen molar-refractivity contribution in [2.75, 3.05) is 6.61 Å². The molecule has 0 saturated carbocycles. The van der Waals surface area contributed by atoms with Gasteiger partial charge in [0, 0.05) is 24.8 Å². The molecule has 20 heavy (non-hydrogen) atoms. The molecule has 108 valence electrons. The first-order valence-electron chi connectivity index (χ1n) is 6.80. The van der Waals surface area contributed by atoms with Crippen molar-refractivity contribution in [2.45, 2.75) is 33.4 Å². The molecule has 1 heterocycles. The van der Waals surface area contributed by atoms with E-state index >= 15 is 0 Å². The summed E-state index contributed by atoms with van der Waals surface area (Å²) in [6.45, 7) is 7.14. The van der Waals surface area contributed by atoms with E-state index in [9.17, 15) is 4.39 Å². The van der Waals surface area contributed by atoms with Crippen LogP contribution in [0.25, 0.3) is 5.69 Å². The highest BCUT2D eigenvalue weighted by atomic mass is 19.1. The zero-order chi connectivity index (χ0) is 14.5. The number of ether oxygens (including phenoxy) is 1. The van der Waals surface area contributed by atoms with Crippen LogP contribution in [0.2, 0.25) is 0 Å². The molecule has 4 nitrogen and oxygen atoms in total. The minimum Gasteiger partial charge on any atom is -0.491 e. The second-order valence-corrected chi connectivity index (χ2v) is 4.83. The molecule has 2 aromatic rings. The van der Waals surface area contributed by atoms with Crippen LogP contribution in [0, 0.1) is 5.82 Å². The van der Waals surface area contributed by atoms with Gasteiger partial charge >= 0.3 is 0 Å². The number of halogens is 1. The van der Waals surface area contributed by atoms with Crippen LogP contribution in [0.3, 0.4) is 0 Å². The van der Waals surface area contributed by atoms with Crippen molar-refractivity contribution in [2.24, 2.45) is 0 Å². The zero-order valence-corrected chi connectivity index (χ0v) is 12.1. The molecule has 0 aliphatic carbocycles. The van der Waals surface area contributed by atoms with Crippen LogP contribution in [0.4, 0.5) is 4.39 Å². The van der Waals surface area contributed by atoms with E-state index < -0.39 is 0 Å². The molecule has 1 aromatic heterocycles. The fourth-order valence-corrected chi connectivity index (χ4v) is 1.81. The van der Waals surface area contributed by atoms with Gasteiger partial charge in [-0.1, -0.05) is 13.8 Å². The Morgan fingerprint density at radius 3 is 2.80 bits per heavy atom. The van der Waals surface area contributed by atoms with Crippen molar-refractivity contribution in [3.05, 3.63) is 42.0 Å². The summed E-state index contributed by atoms with van der Waals surface area (Å²) in [6, 6.07) is 7.17. The lowest BCUT2D eigenvalue weighted by Gasteiger charge is -2.07. The molecule has 0 bridgehead atoms. The summed E-state index contributed by atoms with van der Waals surface area (Å²) in [5.41, 5.74) is 1.61. The highest BCUT2D eigenvalue weighted by Gasteiger charge is 2.07. The summed E-state index contributed by atoms with van der Waals surface area (Å²) in [5.74, 6) is -0.105. The zero-order valence-electron chi connectivity index (χ0n) is 12.1. The second-order valence-electron chi connectivity index (χ2n) is 4.83. The van der Waals surface area contributed by atoms with Gasteiger partial charge in [0.15, 0.2) is 11.6 Å². The van der Waals surface area contributed by atoms with Crippen molar-refractivity contribution in [3.8, 4) is 11.4 Å². The summed E-state index contributed by atoms with van der Waals surface area (Å²) >= 11 is 0. The molecule has 0 amide bonds. The number of rotatable bonds is 6. The predicted octanol–water partition coefficient (Wildman–Crippen LogP) is 2.91. The van der Waals surface area contributed by atoms with Gasteiger partial charge in [0.1, 0.15) is 0 Å². The number of benzene rings is 1. The molecule has 5 heteroatoms. The van der Waals surface area contributed by atoms with Crippen molar-refractivity contribution < 1.29 is 9.13 Å². The Morgan fingerprint density at radius 1 is 1.35 bits per heavy atom. The van der Waals surface area contributed by atoms with Crippen LogP contribution in [0.1, 0.15) is 26.5 Å². The maximum atomic E-state index is 13.8. The van der Waals surface area contributed by atoms with E-state index in [0.29, 0.717) is 24.9 Å². The second kappa shape index (κ2) is 6.52. The first kappa shape index (κ1) is 14.5. The van der Waals surface area contributed by atoms with Gasteiger partial charge in [0.25, 0.3) is 0 Å². The number of hydrogen-bond acceptors (Lipinski definition) is 3. The molecule has 0 fully saturated rings. The average molecular weight is 277 g/mol. The van der Waals surface area contributed by atoms with Crippen LogP contribution >= 0.6 is 0 Å². The van der Waals surface area contributed by atoms with E-state index in [1.807, 2.05) is 19.2 Å². The molecule has 1 N–H and O–H groups in total. The maximum absolute atomic E-state index is 13.8. The molecule has 0 aliphatic heterocycles. The summed E-state index contributed by atoms with van der Waals surface area (Å²) in [5, 5.41) is 7.71. The number of nitrogens with zero attached hydrogens (tertiary/aromatic N) is 2. The van der Waals surface area contributed by atoms with Crippen LogP contribution in [0.15, 0.2) is 30.5 Å². The van der Waals surface area contributed by atoms with Crippen molar-refractivity contribution in [1.29, 1.82) is 0 Å². The first-order chi connectivity index (χ1) is 9.60. The quantitative estimate of drug-likeness (QED) is 0.882. The van der Waals surface area contributed by atoms with E-state index in [2.05, 4.69) is 24.3 Å². The molecule has 0 spiro atoms. The smallest absolute Gasteiger partial charge is 0.167 e. The molecule has 0 saturated heterocycles. The third-order valence-electron chi connectivity index (χ3n) is 2.82. The van der Waals surface area contributed by atoms with E-state index in [-0.39, 0.29) is 11.6 Å². The van der Waals surface area contributed by atoms with Gasteiger partial charge in [-0.3, -0.25) is 0 Å². The Morgan fingerprint density at radius 2 is 2.15 bits per heavy atom. The monoisotopic (exact) mass is 277 g/mol. The van der Waals surface area contributed by atoms with Crippen LogP contribution in [0.5, 0.6) is 5.75 Å². The lowest BCUT2D eigenvalue weighted by molar-refractivity contribution is 0.321. The lowest BCUT2D eigenvalue weighted by atomic mass is 10.3. The van der Waals surface area contributed by atoms with Gasteiger partial charge in [-0.05, 0) is 25.1 Å². The maximum Gasteiger partial charge on any atom is 0.167 e. The summed E-state index contributed by atoms with van der Waals surface area (Å²) < 4.78 is 20.7. The Labute approximate surface area is 118 Å². The average Bonchev–Trinajstić information content (AvgIpc) is 2.88. The van der Waals surface area contributed by atoms with Gasteiger partial charge in [-0.25, -0.2) is 9.07 Å². The predicted molar refractivity (Wildman–Crippen MR) is 76.7 cm³/mol. The van der Waals surface area contributed by atoms with Gasteiger partial charge < -0.3 is 10.1 Å². The molecule has 0 unspecified atom stereocenters. The van der Waals surface area contributed by atoms with Gasteiger partial charge in [0.2, 0.25) is 0 Å². The van der Waals surface area contributed by atoms with Crippen molar-refractivity contribution in [1.82, 2.24) is 15.1 Å². The Balaban J connectivity index is 2.13. The Bertz CT molecular complexity index is 566. The third-order valence-corrected chi connectivity index (χ3v) is 2.82. The summed E-state index contributed by atoms with van der Waals surface area (Å²) in [6.07, 6.45) is 1.83. The highest BCUT2D eigenvalue weighted by molar-refractivity contribution is 5.38. The molecule has 2 rings (SSSR count). The molecule has 0 atom stereocenters.